The van der Waals surface area contributed by atoms with E-state index in [0.29, 0.717) is 19.6 Å². The Morgan fingerprint density at radius 2 is 1.88 bits per heavy atom. The van der Waals surface area contributed by atoms with Gasteiger partial charge in [0.15, 0.2) is 0 Å². The number of carboxylic acids is 1. The summed E-state index contributed by atoms with van der Waals surface area (Å²) in [4.78, 5) is 15.2. The molecule has 0 aliphatic heterocycles. The van der Waals surface area contributed by atoms with E-state index in [0.717, 1.165) is 37.8 Å². The summed E-state index contributed by atoms with van der Waals surface area (Å²) in [5, 5.41) is 14.1. The number of aliphatic carboxylic acids is 1. The minimum atomic E-state index is -0.882. The van der Waals surface area contributed by atoms with Crippen molar-refractivity contribution < 1.29 is 14.6 Å². The predicted octanol–water partition coefficient (Wildman–Crippen LogP) is 5.60. The Kier molecular flexibility index (Phi) is 6.93. The molecule has 4 rings (SSSR count). The van der Waals surface area contributed by atoms with Gasteiger partial charge >= 0.3 is 5.97 Å². The molecule has 1 atom stereocenters. The molecule has 0 saturated carbocycles. The summed E-state index contributed by atoms with van der Waals surface area (Å²) >= 11 is 3.51. The predicted molar refractivity (Wildman–Crippen MR) is 130 cm³/mol. The molecule has 6 heteroatoms. The van der Waals surface area contributed by atoms with Gasteiger partial charge in [0.05, 0.1) is 0 Å². The van der Waals surface area contributed by atoms with Gasteiger partial charge in [-0.3, -0.25) is 10.1 Å². The Morgan fingerprint density at radius 1 is 1.09 bits per heavy atom. The number of rotatable bonds is 9. The van der Waals surface area contributed by atoms with Crippen molar-refractivity contribution in [3.63, 3.8) is 0 Å². The molecule has 0 amide bonds. The smallest absolute Gasteiger partial charge is 0.321 e. The highest BCUT2D eigenvalue weighted by atomic mass is 79.9. The lowest BCUT2D eigenvalue weighted by Crippen LogP contribution is -2.38. The van der Waals surface area contributed by atoms with Gasteiger partial charge in [-0.05, 0) is 42.3 Å². The standard InChI is InChI=1S/C26H25BrN2O3/c1-17-6-8-18(9-7-17)16-32-25-11-10-21(27)12-20(25)15-29-24(26(30)31)13-19-14-28-23-5-3-2-4-22(19)23/h2-12,14,24,28-29H,13,15-16H2,1H3,(H,30,31). The number of benzene rings is 3. The number of fused-ring (bicyclic) bond motifs is 1. The third-order valence-electron chi connectivity index (χ3n) is 5.47. The van der Waals surface area contributed by atoms with Gasteiger partial charge < -0.3 is 14.8 Å². The van der Waals surface area contributed by atoms with Crippen molar-refractivity contribution >= 4 is 32.8 Å². The Bertz CT molecular complexity index is 1220. The molecule has 0 aliphatic carbocycles. The minimum Gasteiger partial charge on any atom is -0.489 e. The number of ether oxygens (including phenoxy) is 1. The molecule has 164 valence electrons. The second-order valence-corrected chi connectivity index (χ2v) is 8.78. The van der Waals surface area contributed by atoms with E-state index in [-0.39, 0.29) is 0 Å². The number of carboxylic acid groups (broad SMARTS) is 1. The van der Waals surface area contributed by atoms with Crippen LogP contribution in [0, 0.1) is 6.92 Å². The molecule has 4 aromatic rings. The van der Waals surface area contributed by atoms with Crippen molar-refractivity contribution in [2.45, 2.75) is 32.5 Å². The number of carbonyl (C=O) groups is 1. The third kappa shape index (κ3) is 5.39. The summed E-state index contributed by atoms with van der Waals surface area (Å²) < 4.78 is 6.98. The Hall–Kier alpha value is -3.09. The van der Waals surface area contributed by atoms with Crippen molar-refractivity contribution in [2.24, 2.45) is 0 Å². The second-order valence-electron chi connectivity index (χ2n) is 7.86. The summed E-state index contributed by atoms with van der Waals surface area (Å²) in [5.74, 6) is -0.148. The summed E-state index contributed by atoms with van der Waals surface area (Å²) in [6, 6.07) is 21.2. The highest BCUT2D eigenvalue weighted by molar-refractivity contribution is 9.10. The maximum atomic E-state index is 12.0. The van der Waals surface area contributed by atoms with E-state index >= 15 is 0 Å². The number of hydrogen-bond acceptors (Lipinski definition) is 3. The first kappa shape index (κ1) is 22.1. The Balaban J connectivity index is 1.46. The zero-order chi connectivity index (χ0) is 22.5. The maximum Gasteiger partial charge on any atom is 0.321 e. The number of H-pyrrole nitrogens is 1. The number of hydrogen-bond donors (Lipinski definition) is 3. The lowest BCUT2D eigenvalue weighted by Gasteiger charge is -2.17. The first-order valence-electron chi connectivity index (χ1n) is 10.5. The van der Waals surface area contributed by atoms with Crippen LogP contribution in [0.25, 0.3) is 10.9 Å². The van der Waals surface area contributed by atoms with Crippen LogP contribution in [0.4, 0.5) is 0 Å². The first-order valence-corrected chi connectivity index (χ1v) is 11.3. The van der Waals surface area contributed by atoms with Crippen LogP contribution in [-0.2, 0) is 24.4 Å². The van der Waals surface area contributed by atoms with E-state index in [1.807, 2.05) is 60.8 Å². The average Bonchev–Trinajstić information content (AvgIpc) is 3.19. The van der Waals surface area contributed by atoms with Crippen LogP contribution in [0.2, 0.25) is 0 Å². The van der Waals surface area contributed by atoms with Crippen LogP contribution >= 0.6 is 15.9 Å². The van der Waals surface area contributed by atoms with Gasteiger partial charge in [-0.2, -0.15) is 0 Å². The van der Waals surface area contributed by atoms with E-state index < -0.39 is 12.0 Å². The average molecular weight is 493 g/mol. The maximum absolute atomic E-state index is 12.0. The zero-order valence-corrected chi connectivity index (χ0v) is 19.4. The van der Waals surface area contributed by atoms with E-state index in [4.69, 9.17) is 4.74 Å². The molecule has 0 bridgehead atoms. The normalized spacial score (nSPS) is 12.1. The largest absolute Gasteiger partial charge is 0.489 e. The van der Waals surface area contributed by atoms with Gasteiger partial charge in [-0.1, -0.05) is 64.0 Å². The topological polar surface area (TPSA) is 74.3 Å². The molecular formula is C26H25BrN2O3. The second kappa shape index (κ2) is 10.0. The van der Waals surface area contributed by atoms with Gasteiger partial charge in [0.1, 0.15) is 18.4 Å². The third-order valence-corrected chi connectivity index (χ3v) is 5.97. The van der Waals surface area contributed by atoms with Crippen LogP contribution < -0.4 is 10.1 Å². The molecular weight excluding hydrogens is 468 g/mol. The molecule has 0 saturated heterocycles. The molecule has 0 spiro atoms. The zero-order valence-electron chi connectivity index (χ0n) is 17.8. The first-order chi connectivity index (χ1) is 15.5. The number of nitrogens with one attached hydrogen (secondary N) is 2. The van der Waals surface area contributed by atoms with E-state index in [9.17, 15) is 9.90 Å². The van der Waals surface area contributed by atoms with Gasteiger partial charge in [-0.25, -0.2) is 0 Å². The molecule has 1 unspecified atom stereocenters. The molecule has 0 fully saturated rings. The Morgan fingerprint density at radius 3 is 2.66 bits per heavy atom. The van der Waals surface area contributed by atoms with Crippen LogP contribution in [0.3, 0.4) is 0 Å². The highest BCUT2D eigenvalue weighted by Gasteiger charge is 2.20. The van der Waals surface area contributed by atoms with Crippen molar-refractivity contribution in [3.05, 3.63) is 99.7 Å². The van der Waals surface area contributed by atoms with Crippen LogP contribution in [0.5, 0.6) is 5.75 Å². The van der Waals surface area contributed by atoms with Crippen LogP contribution in [0.1, 0.15) is 22.3 Å². The number of aromatic amines is 1. The van der Waals surface area contributed by atoms with E-state index in [1.165, 1.54) is 5.56 Å². The van der Waals surface area contributed by atoms with E-state index in [2.05, 4.69) is 45.3 Å². The summed E-state index contributed by atoms with van der Waals surface area (Å²) in [6.07, 6.45) is 2.27. The fourth-order valence-corrected chi connectivity index (χ4v) is 4.08. The van der Waals surface area contributed by atoms with Crippen LogP contribution in [0.15, 0.2) is 77.4 Å². The fraction of sp³-hybridized carbons (Fsp3) is 0.192. The van der Waals surface area contributed by atoms with Crippen LogP contribution in [-0.4, -0.2) is 22.1 Å². The summed E-state index contributed by atoms with van der Waals surface area (Å²) in [7, 11) is 0. The SMILES string of the molecule is Cc1ccc(COc2ccc(Br)cc2CNC(Cc2c[nH]c3ccccc23)C(=O)O)cc1. The number of aromatic nitrogens is 1. The molecule has 1 aromatic heterocycles. The quantitative estimate of drug-likeness (QED) is 0.284. The van der Waals surface area contributed by atoms with E-state index in [1.54, 1.807) is 0 Å². The minimum absolute atomic E-state index is 0.377. The number of aryl methyl sites for hydroxylation is 1. The lowest BCUT2D eigenvalue weighted by atomic mass is 10.0. The van der Waals surface area contributed by atoms with Gasteiger partial charge in [-0.15, -0.1) is 0 Å². The molecule has 0 aliphatic rings. The summed E-state index contributed by atoms with van der Waals surface area (Å²) in [6.45, 7) is 2.88. The van der Waals surface area contributed by atoms with Crippen molar-refractivity contribution in [1.82, 2.24) is 10.3 Å². The molecule has 3 N–H and O–H groups in total. The van der Waals surface area contributed by atoms with Gasteiger partial charge in [0, 0.05) is 40.1 Å². The molecule has 3 aromatic carbocycles. The van der Waals surface area contributed by atoms with Crippen molar-refractivity contribution in [1.29, 1.82) is 0 Å². The lowest BCUT2D eigenvalue weighted by molar-refractivity contribution is -0.139. The molecule has 1 heterocycles. The number of para-hydroxylation sites is 1. The van der Waals surface area contributed by atoms with Gasteiger partial charge in [0.2, 0.25) is 0 Å². The molecule has 5 nitrogen and oxygen atoms in total. The highest BCUT2D eigenvalue weighted by Crippen LogP contribution is 2.25. The summed E-state index contributed by atoms with van der Waals surface area (Å²) in [5.41, 5.74) is 5.17. The van der Waals surface area contributed by atoms with Crippen molar-refractivity contribution in [2.75, 3.05) is 0 Å². The monoisotopic (exact) mass is 492 g/mol. The Labute approximate surface area is 195 Å². The number of halogens is 1. The van der Waals surface area contributed by atoms with Gasteiger partial charge in [0.25, 0.3) is 0 Å². The molecule has 0 radical (unpaired) electrons. The fourth-order valence-electron chi connectivity index (χ4n) is 3.67. The van der Waals surface area contributed by atoms with Crippen molar-refractivity contribution in [3.8, 4) is 5.75 Å². The molecule has 32 heavy (non-hydrogen) atoms.